The Kier molecular flexibility index (Phi) is 4.81. The van der Waals surface area contributed by atoms with Gasteiger partial charge in [-0.2, -0.15) is 5.26 Å². The number of benzene rings is 2. The van der Waals surface area contributed by atoms with Gasteiger partial charge in [0.2, 0.25) is 0 Å². The lowest BCUT2D eigenvalue weighted by Gasteiger charge is -2.12. The fourth-order valence-corrected chi connectivity index (χ4v) is 2.05. The molecule has 0 radical (unpaired) electrons. The van der Waals surface area contributed by atoms with Gasteiger partial charge in [0.1, 0.15) is 6.04 Å². The maximum atomic E-state index is 9.23. The van der Waals surface area contributed by atoms with Crippen molar-refractivity contribution in [3.05, 3.63) is 69.7 Å². The zero-order valence-electron chi connectivity index (χ0n) is 10.1. The van der Waals surface area contributed by atoms with Crippen molar-refractivity contribution in [1.82, 2.24) is 5.32 Å². The van der Waals surface area contributed by atoms with Crippen molar-refractivity contribution in [1.29, 1.82) is 5.26 Å². The Morgan fingerprint density at radius 2 is 1.79 bits per heavy atom. The van der Waals surface area contributed by atoms with Gasteiger partial charge in [-0.05, 0) is 23.3 Å². The molecular formula is C15H12Cl2N2. The third-order valence-electron chi connectivity index (χ3n) is 2.76. The van der Waals surface area contributed by atoms with E-state index in [1.54, 1.807) is 18.2 Å². The Hall–Kier alpha value is -1.53. The van der Waals surface area contributed by atoms with Crippen molar-refractivity contribution in [3.63, 3.8) is 0 Å². The lowest BCUT2D eigenvalue weighted by molar-refractivity contribution is 0.630. The van der Waals surface area contributed by atoms with Gasteiger partial charge in [-0.1, -0.05) is 59.6 Å². The number of rotatable bonds is 4. The molecule has 1 atom stereocenters. The SMILES string of the molecule is N#C[C@@H](NCc1ccccc1)c1ccc(Cl)c(Cl)c1. The summed E-state index contributed by atoms with van der Waals surface area (Å²) >= 11 is 11.8. The summed E-state index contributed by atoms with van der Waals surface area (Å²) in [5.74, 6) is 0. The Bertz CT molecular complexity index is 591. The van der Waals surface area contributed by atoms with Crippen LogP contribution < -0.4 is 5.32 Å². The minimum Gasteiger partial charge on any atom is -0.294 e. The molecule has 0 aromatic heterocycles. The van der Waals surface area contributed by atoms with Crippen LogP contribution in [0.2, 0.25) is 10.0 Å². The molecular weight excluding hydrogens is 279 g/mol. The highest BCUT2D eigenvalue weighted by atomic mass is 35.5. The average Bonchev–Trinajstić information content (AvgIpc) is 2.44. The molecule has 1 N–H and O–H groups in total. The minimum atomic E-state index is -0.407. The highest BCUT2D eigenvalue weighted by molar-refractivity contribution is 6.42. The fraction of sp³-hybridized carbons (Fsp3) is 0.133. The molecule has 4 heteroatoms. The van der Waals surface area contributed by atoms with Crippen molar-refractivity contribution >= 4 is 23.2 Å². The molecule has 0 aliphatic heterocycles. The highest BCUT2D eigenvalue weighted by Gasteiger charge is 2.11. The minimum absolute atomic E-state index is 0.407. The summed E-state index contributed by atoms with van der Waals surface area (Å²) in [6, 6.07) is 17.0. The van der Waals surface area contributed by atoms with E-state index in [2.05, 4.69) is 11.4 Å². The van der Waals surface area contributed by atoms with Crippen molar-refractivity contribution in [2.45, 2.75) is 12.6 Å². The van der Waals surface area contributed by atoms with E-state index in [1.807, 2.05) is 30.3 Å². The molecule has 0 heterocycles. The van der Waals surface area contributed by atoms with Crippen LogP contribution in [0.4, 0.5) is 0 Å². The Labute approximate surface area is 122 Å². The summed E-state index contributed by atoms with van der Waals surface area (Å²) in [5, 5.41) is 13.4. The molecule has 0 aliphatic carbocycles. The van der Waals surface area contributed by atoms with Crippen LogP contribution in [-0.4, -0.2) is 0 Å². The maximum Gasteiger partial charge on any atom is 0.121 e. The topological polar surface area (TPSA) is 35.8 Å². The van der Waals surface area contributed by atoms with Crippen LogP contribution in [0, 0.1) is 11.3 Å². The first-order chi connectivity index (χ1) is 9.20. The van der Waals surface area contributed by atoms with Crippen LogP contribution in [0.3, 0.4) is 0 Å². The monoisotopic (exact) mass is 290 g/mol. The number of halogens is 2. The maximum absolute atomic E-state index is 9.23. The highest BCUT2D eigenvalue weighted by Crippen LogP contribution is 2.25. The second-order valence-electron chi connectivity index (χ2n) is 4.10. The Balaban J connectivity index is 2.08. The van der Waals surface area contributed by atoms with E-state index in [1.165, 1.54) is 0 Å². The Morgan fingerprint density at radius 1 is 1.05 bits per heavy atom. The smallest absolute Gasteiger partial charge is 0.121 e. The Morgan fingerprint density at radius 3 is 2.42 bits per heavy atom. The predicted octanol–water partition coefficient (Wildman–Crippen LogP) is 4.35. The van der Waals surface area contributed by atoms with Gasteiger partial charge in [0.05, 0.1) is 16.1 Å². The molecule has 2 nitrogen and oxygen atoms in total. The summed E-state index contributed by atoms with van der Waals surface area (Å²) in [7, 11) is 0. The average molecular weight is 291 g/mol. The molecule has 2 aromatic carbocycles. The van der Waals surface area contributed by atoms with E-state index in [0.717, 1.165) is 11.1 Å². The molecule has 0 unspecified atom stereocenters. The number of nitriles is 1. The van der Waals surface area contributed by atoms with Crippen molar-refractivity contribution in [3.8, 4) is 6.07 Å². The van der Waals surface area contributed by atoms with Gasteiger partial charge in [0.25, 0.3) is 0 Å². The standard InChI is InChI=1S/C15H12Cl2N2/c16-13-7-6-12(8-14(13)17)15(9-18)19-10-11-4-2-1-3-5-11/h1-8,15,19H,10H2/t15-/m1/s1. The van der Waals surface area contributed by atoms with E-state index in [9.17, 15) is 5.26 Å². The van der Waals surface area contributed by atoms with E-state index >= 15 is 0 Å². The molecule has 0 saturated heterocycles. The summed E-state index contributed by atoms with van der Waals surface area (Å²) in [4.78, 5) is 0. The third kappa shape index (κ3) is 3.71. The van der Waals surface area contributed by atoms with Gasteiger partial charge < -0.3 is 0 Å². The second kappa shape index (κ2) is 6.58. The third-order valence-corrected chi connectivity index (χ3v) is 3.50. The van der Waals surface area contributed by atoms with Gasteiger partial charge in [0.15, 0.2) is 0 Å². The lowest BCUT2D eigenvalue weighted by Crippen LogP contribution is -2.19. The zero-order chi connectivity index (χ0) is 13.7. The van der Waals surface area contributed by atoms with Gasteiger partial charge in [0, 0.05) is 6.54 Å². The summed E-state index contributed by atoms with van der Waals surface area (Å²) < 4.78 is 0. The molecule has 2 rings (SSSR count). The van der Waals surface area contributed by atoms with Crippen LogP contribution >= 0.6 is 23.2 Å². The molecule has 2 aromatic rings. The molecule has 96 valence electrons. The van der Waals surface area contributed by atoms with Gasteiger partial charge >= 0.3 is 0 Å². The van der Waals surface area contributed by atoms with Crippen LogP contribution in [0.1, 0.15) is 17.2 Å². The number of hydrogen-bond acceptors (Lipinski definition) is 2. The van der Waals surface area contributed by atoms with Crippen LogP contribution in [0.15, 0.2) is 48.5 Å². The van der Waals surface area contributed by atoms with Crippen LogP contribution in [0.5, 0.6) is 0 Å². The fourth-order valence-electron chi connectivity index (χ4n) is 1.75. The van der Waals surface area contributed by atoms with Crippen LogP contribution in [0.25, 0.3) is 0 Å². The molecule has 0 spiro atoms. The summed E-state index contributed by atoms with van der Waals surface area (Å²) in [6.45, 7) is 0.624. The zero-order valence-corrected chi connectivity index (χ0v) is 11.6. The number of nitrogens with zero attached hydrogens (tertiary/aromatic N) is 1. The first kappa shape index (κ1) is 13.9. The van der Waals surface area contributed by atoms with Crippen molar-refractivity contribution < 1.29 is 0 Å². The molecule has 0 aliphatic rings. The molecule has 0 saturated carbocycles. The van der Waals surface area contributed by atoms with Gasteiger partial charge in [-0.15, -0.1) is 0 Å². The normalized spacial score (nSPS) is 11.8. The van der Waals surface area contributed by atoms with Gasteiger partial charge in [-0.3, -0.25) is 5.32 Å². The summed E-state index contributed by atoms with van der Waals surface area (Å²) in [5.41, 5.74) is 1.94. The quantitative estimate of drug-likeness (QED) is 0.909. The first-order valence-electron chi connectivity index (χ1n) is 5.82. The summed E-state index contributed by atoms with van der Waals surface area (Å²) in [6.07, 6.45) is 0. The largest absolute Gasteiger partial charge is 0.294 e. The van der Waals surface area contributed by atoms with E-state index in [0.29, 0.717) is 16.6 Å². The van der Waals surface area contributed by atoms with Crippen molar-refractivity contribution in [2.75, 3.05) is 0 Å². The number of hydrogen-bond donors (Lipinski definition) is 1. The van der Waals surface area contributed by atoms with E-state index in [-0.39, 0.29) is 0 Å². The lowest BCUT2D eigenvalue weighted by atomic mass is 10.1. The van der Waals surface area contributed by atoms with E-state index in [4.69, 9.17) is 23.2 Å². The molecule has 0 bridgehead atoms. The first-order valence-corrected chi connectivity index (χ1v) is 6.58. The molecule has 0 fully saturated rings. The molecule has 0 amide bonds. The van der Waals surface area contributed by atoms with Crippen molar-refractivity contribution in [2.24, 2.45) is 0 Å². The molecule has 19 heavy (non-hydrogen) atoms. The second-order valence-corrected chi connectivity index (χ2v) is 4.92. The van der Waals surface area contributed by atoms with Crippen LogP contribution in [-0.2, 0) is 6.54 Å². The number of nitrogens with one attached hydrogen (secondary N) is 1. The van der Waals surface area contributed by atoms with E-state index < -0.39 is 6.04 Å². The van der Waals surface area contributed by atoms with Gasteiger partial charge in [-0.25, -0.2) is 0 Å². The predicted molar refractivity (Wildman–Crippen MR) is 78.1 cm³/mol.